The standard InChI is InChI=1S/C17H21Cl2NO4/c1-22-8-24-14-7-10-6-11(9-3-4-12(18)13(19)5-9)15(16(14)20-10)17(21)23-2/h3-5,10-11,14-16,20H,6-8H2,1-2H3/t10?,11-,14?,15+,16?/m1/s1. The summed E-state index contributed by atoms with van der Waals surface area (Å²) in [5.74, 6) is -0.567. The summed E-state index contributed by atoms with van der Waals surface area (Å²) in [6, 6.07) is 5.74. The van der Waals surface area contributed by atoms with Crippen LogP contribution in [-0.2, 0) is 19.0 Å². The van der Waals surface area contributed by atoms with Crippen LogP contribution in [0.1, 0.15) is 24.3 Å². The minimum Gasteiger partial charge on any atom is -0.469 e. The van der Waals surface area contributed by atoms with Gasteiger partial charge in [0.15, 0.2) is 0 Å². The van der Waals surface area contributed by atoms with E-state index in [1.807, 2.05) is 12.1 Å². The first kappa shape index (κ1) is 18.0. The Morgan fingerprint density at radius 1 is 1.25 bits per heavy atom. The largest absolute Gasteiger partial charge is 0.469 e. The van der Waals surface area contributed by atoms with Gasteiger partial charge in [-0.15, -0.1) is 0 Å². The number of benzene rings is 1. The molecule has 0 saturated carbocycles. The molecule has 5 nitrogen and oxygen atoms in total. The molecule has 1 aromatic carbocycles. The lowest BCUT2D eigenvalue weighted by Crippen LogP contribution is -2.51. The zero-order valence-electron chi connectivity index (χ0n) is 13.6. The smallest absolute Gasteiger partial charge is 0.310 e. The molecule has 1 N–H and O–H groups in total. The van der Waals surface area contributed by atoms with Crippen molar-refractivity contribution in [1.82, 2.24) is 5.32 Å². The first-order chi connectivity index (χ1) is 11.5. The van der Waals surface area contributed by atoms with Crippen molar-refractivity contribution in [2.24, 2.45) is 5.92 Å². The normalized spacial score (nSPS) is 31.9. The van der Waals surface area contributed by atoms with Crippen molar-refractivity contribution in [3.8, 4) is 0 Å². The van der Waals surface area contributed by atoms with Crippen LogP contribution < -0.4 is 5.32 Å². The van der Waals surface area contributed by atoms with Gasteiger partial charge in [-0.3, -0.25) is 4.79 Å². The van der Waals surface area contributed by atoms with Crippen LogP contribution in [0.5, 0.6) is 0 Å². The molecule has 132 valence electrons. The van der Waals surface area contributed by atoms with E-state index in [1.165, 1.54) is 7.11 Å². The van der Waals surface area contributed by atoms with Gasteiger partial charge in [0, 0.05) is 25.1 Å². The number of hydrogen-bond donors (Lipinski definition) is 1. The summed E-state index contributed by atoms with van der Waals surface area (Å²) in [5.41, 5.74) is 1.00. The van der Waals surface area contributed by atoms with Crippen molar-refractivity contribution in [2.75, 3.05) is 21.0 Å². The van der Waals surface area contributed by atoms with Gasteiger partial charge < -0.3 is 19.5 Å². The van der Waals surface area contributed by atoms with Gasteiger partial charge in [0.1, 0.15) is 6.79 Å². The quantitative estimate of drug-likeness (QED) is 0.634. The van der Waals surface area contributed by atoms with Gasteiger partial charge >= 0.3 is 5.97 Å². The molecule has 0 radical (unpaired) electrons. The molecule has 2 heterocycles. The number of esters is 1. The first-order valence-electron chi connectivity index (χ1n) is 7.94. The average molecular weight is 374 g/mol. The fourth-order valence-electron chi connectivity index (χ4n) is 3.94. The molecule has 7 heteroatoms. The zero-order chi connectivity index (χ0) is 17.3. The second kappa shape index (κ2) is 7.58. The Balaban J connectivity index is 1.91. The minimum absolute atomic E-state index is 0.0135. The number of halogens is 2. The summed E-state index contributed by atoms with van der Waals surface area (Å²) in [5, 5.41) is 4.50. The summed E-state index contributed by atoms with van der Waals surface area (Å²) >= 11 is 12.2. The van der Waals surface area contributed by atoms with Crippen LogP contribution in [0.3, 0.4) is 0 Å². The van der Waals surface area contributed by atoms with Crippen LogP contribution in [0.2, 0.25) is 10.0 Å². The molecule has 2 aliphatic rings. The van der Waals surface area contributed by atoms with Gasteiger partial charge in [-0.05, 0) is 30.5 Å². The van der Waals surface area contributed by atoms with Gasteiger partial charge in [-0.2, -0.15) is 0 Å². The van der Waals surface area contributed by atoms with Gasteiger partial charge in [0.2, 0.25) is 0 Å². The van der Waals surface area contributed by atoms with Crippen molar-refractivity contribution < 1.29 is 19.0 Å². The van der Waals surface area contributed by atoms with E-state index >= 15 is 0 Å². The van der Waals surface area contributed by atoms with E-state index in [4.69, 9.17) is 37.4 Å². The molecule has 0 amide bonds. The van der Waals surface area contributed by atoms with E-state index < -0.39 is 0 Å². The third-order valence-corrected chi connectivity index (χ3v) is 5.69. The Bertz CT molecular complexity index is 612. The fraction of sp³-hybridized carbons (Fsp3) is 0.588. The third-order valence-electron chi connectivity index (χ3n) is 4.95. The van der Waals surface area contributed by atoms with Crippen LogP contribution in [-0.4, -0.2) is 45.2 Å². The zero-order valence-corrected chi connectivity index (χ0v) is 15.1. The van der Waals surface area contributed by atoms with Crippen molar-refractivity contribution in [3.63, 3.8) is 0 Å². The van der Waals surface area contributed by atoms with Crippen LogP contribution in [0.4, 0.5) is 0 Å². The maximum absolute atomic E-state index is 12.5. The highest BCUT2D eigenvalue weighted by molar-refractivity contribution is 6.42. The average Bonchev–Trinajstić information content (AvgIpc) is 2.90. The lowest BCUT2D eigenvalue weighted by atomic mass is 9.76. The minimum atomic E-state index is -0.340. The van der Waals surface area contributed by atoms with Crippen LogP contribution >= 0.6 is 23.2 Å². The molecule has 0 aromatic heterocycles. The summed E-state index contributed by atoms with van der Waals surface area (Å²) < 4.78 is 15.9. The number of rotatable bonds is 5. The SMILES string of the molecule is COCOC1CC2C[C@H](c3ccc(Cl)c(Cl)c3)[C@H](C(=O)OC)C1N2. The van der Waals surface area contributed by atoms with Crippen LogP contribution in [0.25, 0.3) is 0 Å². The van der Waals surface area contributed by atoms with Gasteiger partial charge in [-0.1, -0.05) is 29.3 Å². The lowest BCUT2D eigenvalue weighted by molar-refractivity contribution is -0.150. The molecule has 5 atom stereocenters. The van der Waals surface area contributed by atoms with Crippen molar-refractivity contribution >= 4 is 29.2 Å². The number of methoxy groups -OCH3 is 2. The van der Waals surface area contributed by atoms with E-state index in [2.05, 4.69) is 5.32 Å². The number of hydrogen-bond acceptors (Lipinski definition) is 5. The predicted octanol–water partition coefficient (Wildman–Crippen LogP) is 2.99. The molecular weight excluding hydrogens is 353 g/mol. The number of piperidine rings is 1. The van der Waals surface area contributed by atoms with E-state index in [0.717, 1.165) is 18.4 Å². The molecule has 1 aromatic rings. The van der Waals surface area contributed by atoms with Crippen molar-refractivity contribution in [1.29, 1.82) is 0 Å². The molecule has 2 aliphatic heterocycles. The van der Waals surface area contributed by atoms with Gasteiger partial charge in [-0.25, -0.2) is 0 Å². The molecule has 2 fully saturated rings. The Hall–Kier alpha value is -0.850. The first-order valence-corrected chi connectivity index (χ1v) is 8.70. The Morgan fingerprint density at radius 3 is 2.71 bits per heavy atom. The van der Waals surface area contributed by atoms with Gasteiger partial charge in [0.25, 0.3) is 0 Å². The number of nitrogens with one attached hydrogen (secondary N) is 1. The molecule has 2 saturated heterocycles. The predicted molar refractivity (Wildman–Crippen MR) is 91.4 cm³/mol. The van der Waals surface area contributed by atoms with E-state index in [-0.39, 0.29) is 42.8 Å². The highest BCUT2D eigenvalue weighted by Crippen LogP contribution is 2.44. The van der Waals surface area contributed by atoms with E-state index in [0.29, 0.717) is 10.0 Å². The molecule has 3 rings (SSSR count). The fourth-order valence-corrected chi connectivity index (χ4v) is 4.24. The maximum Gasteiger partial charge on any atom is 0.310 e. The molecule has 24 heavy (non-hydrogen) atoms. The molecular formula is C17H21Cl2NO4. The number of fused-ring (bicyclic) bond motifs is 2. The highest BCUT2D eigenvalue weighted by Gasteiger charge is 2.51. The summed E-state index contributed by atoms with van der Waals surface area (Å²) in [4.78, 5) is 12.5. The number of carbonyl (C=O) groups excluding carboxylic acids is 1. The monoisotopic (exact) mass is 373 g/mol. The topological polar surface area (TPSA) is 56.8 Å². The molecule has 2 bridgehead atoms. The van der Waals surface area contributed by atoms with Crippen molar-refractivity contribution in [2.45, 2.75) is 36.9 Å². The second-order valence-corrected chi connectivity index (χ2v) is 7.12. The third kappa shape index (κ3) is 3.41. The molecule has 3 unspecified atom stereocenters. The molecule has 0 spiro atoms. The van der Waals surface area contributed by atoms with Crippen molar-refractivity contribution in [3.05, 3.63) is 33.8 Å². The van der Waals surface area contributed by atoms with Crippen LogP contribution in [0, 0.1) is 5.92 Å². The molecule has 0 aliphatic carbocycles. The Kier molecular flexibility index (Phi) is 5.67. The summed E-state index contributed by atoms with van der Waals surface area (Å²) in [6.45, 7) is 0.209. The van der Waals surface area contributed by atoms with Gasteiger partial charge in [0.05, 0.1) is 29.2 Å². The van der Waals surface area contributed by atoms with E-state index in [9.17, 15) is 4.79 Å². The second-order valence-electron chi connectivity index (χ2n) is 6.30. The number of carbonyl (C=O) groups is 1. The summed E-state index contributed by atoms with van der Waals surface area (Å²) in [7, 11) is 3.01. The summed E-state index contributed by atoms with van der Waals surface area (Å²) in [6.07, 6.45) is 1.59. The highest BCUT2D eigenvalue weighted by atomic mass is 35.5. The van der Waals surface area contributed by atoms with E-state index in [1.54, 1.807) is 13.2 Å². The lowest BCUT2D eigenvalue weighted by Gasteiger charge is -2.37. The maximum atomic E-state index is 12.5. The number of ether oxygens (including phenoxy) is 3. The Morgan fingerprint density at radius 2 is 2.04 bits per heavy atom. The van der Waals surface area contributed by atoms with Crippen LogP contribution in [0.15, 0.2) is 18.2 Å². The Labute approximate surface area is 151 Å².